The maximum Gasteiger partial charge on any atom is 0.349 e. The van der Waals surface area contributed by atoms with Crippen molar-refractivity contribution < 1.29 is 57.2 Å². The lowest BCUT2D eigenvalue weighted by Gasteiger charge is -2.10. The Labute approximate surface area is 205 Å². The van der Waals surface area contributed by atoms with Crippen LogP contribution in [0.4, 0.5) is 0 Å². The Balaban J connectivity index is 1.86. The van der Waals surface area contributed by atoms with Gasteiger partial charge < -0.3 is 28.4 Å². The van der Waals surface area contributed by atoms with E-state index >= 15 is 0 Å². The average molecular weight is 502 g/mol. The summed E-state index contributed by atoms with van der Waals surface area (Å²) >= 11 is 0. The first-order chi connectivity index (χ1) is 17.2. The summed E-state index contributed by atoms with van der Waals surface area (Å²) in [4.78, 5) is 70.6. The molecule has 0 radical (unpaired) electrons. The van der Waals surface area contributed by atoms with Crippen LogP contribution in [0, 0.1) is 0 Å². The molecule has 0 aromatic heterocycles. The van der Waals surface area contributed by atoms with Crippen molar-refractivity contribution in [2.45, 2.75) is 6.92 Å². The van der Waals surface area contributed by atoms with E-state index in [4.69, 9.17) is 18.9 Å². The molecular weight excluding hydrogens is 480 g/mol. The first kappa shape index (κ1) is 27.8. The molecular formula is C24H22O12. The molecule has 2 aromatic carbocycles. The summed E-state index contributed by atoms with van der Waals surface area (Å²) in [6.07, 6.45) is 0. The molecule has 0 unspecified atom stereocenters. The van der Waals surface area contributed by atoms with Crippen LogP contribution in [-0.4, -0.2) is 69.2 Å². The van der Waals surface area contributed by atoms with Crippen LogP contribution in [-0.2, 0) is 38.1 Å². The molecule has 0 bridgehead atoms. The van der Waals surface area contributed by atoms with Gasteiger partial charge in [-0.3, -0.25) is 4.79 Å². The molecule has 190 valence electrons. The highest BCUT2D eigenvalue weighted by atomic mass is 16.6. The monoisotopic (exact) mass is 502 g/mol. The van der Waals surface area contributed by atoms with Crippen LogP contribution in [0.2, 0.25) is 0 Å². The van der Waals surface area contributed by atoms with Crippen molar-refractivity contribution in [1.82, 2.24) is 0 Å². The molecule has 0 aliphatic carbocycles. The number of para-hydroxylation sites is 2. The van der Waals surface area contributed by atoms with Gasteiger partial charge in [-0.1, -0.05) is 24.3 Å². The molecule has 0 fully saturated rings. The van der Waals surface area contributed by atoms with Gasteiger partial charge in [0.25, 0.3) is 0 Å². The third-order valence-electron chi connectivity index (χ3n) is 4.02. The third-order valence-corrected chi connectivity index (χ3v) is 4.02. The second-order valence-electron chi connectivity index (χ2n) is 6.88. The first-order valence-electron chi connectivity index (χ1n) is 10.3. The van der Waals surface area contributed by atoms with Gasteiger partial charge in [0.15, 0.2) is 5.78 Å². The van der Waals surface area contributed by atoms with Crippen molar-refractivity contribution in [3.8, 4) is 11.5 Å². The van der Waals surface area contributed by atoms with E-state index in [9.17, 15) is 28.8 Å². The molecule has 0 saturated carbocycles. The minimum Gasteiger partial charge on any atom is -0.465 e. The number of esters is 5. The lowest BCUT2D eigenvalue weighted by molar-refractivity contribution is -0.146. The molecule has 0 aliphatic heterocycles. The molecule has 12 nitrogen and oxygen atoms in total. The van der Waals surface area contributed by atoms with Gasteiger partial charge in [0.1, 0.15) is 49.1 Å². The van der Waals surface area contributed by atoms with E-state index in [-0.39, 0.29) is 35.0 Å². The van der Waals surface area contributed by atoms with Gasteiger partial charge in [-0.25, -0.2) is 24.0 Å². The molecule has 0 N–H and O–H groups in total. The van der Waals surface area contributed by atoms with Crippen LogP contribution in [0.3, 0.4) is 0 Å². The van der Waals surface area contributed by atoms with Crippen molar-refractivity contribution >= 4 is 35.6 Å². The Kier molecular flexibility index (Phi) is 10.9. The maximum atomic E-state index is 12.2. The molecule has 0 spiro atoms. The fourth-order valence-corrected chi connectivity index (χ4v) is 2.55. The minimum atomic E-state index is -1.11. The smallest absolute Gasteiger partial charge is 0.349 e. The second kappa shape index (κ2) is 14.1. The number of hydrogen-bond acceptors (Lipinski definition) is 12. The van der Waals surface area contributed by atoms with Crippen molar-refractivity contribution in [3.05, 3.63) is 59.7 Å². The number of rotatable bonds is 12. The number of ether oxygens (including phenoxy) is 6. The molecule has 2 aromatic rings. The largest absolute Gasteiger partial charge is 0.465 e. The first-order valence-corrected chi connectivity index (χ1v) is 10.3. The lowest BCUT2D eigenvalue weighted by atomic mass is 10.2. The number of benzene rings is 2. The van der Waals surface area contributed by atoms with Gasteiger partial charge >= 0.3 is 29.8 Å². The van der Waals surface area contributed by atoms with E-state index in [2.05, 4.69) is 9.47 Å². The zero-order valence-electron chi connectivity index (χ0n) is 19.3. The molecule has 2 rings (SSSR count). The number of carbonyl (C=O) groups is 6. The Hall–Kier alpha value is -4.42. The van der Waals surface area contributed by atoms with Gasteiger partial charge in [-0.15, -0.1) is 0 Å². The Bertz CT molecular complexity index is 1140. The number of carbonyl (C=O) groups excluding carboxylic acids is 6. The summed E-state index contributed by atoms with van der Waals surface area (Å²) in [6, 6.07) is 11.3. The van der Waals surface area contributed by atoms with E-state index in [1.165, 1.54) is 50.4 Å². The molecule has 0 saturated heterocycles. The summed E-state index contributed by atoms with van der Waals surface area (Å²) in [5, 5.41) is 0. The van der Waals surface area contributed by atoms with Gasteiger partial charge in [0.05, 0.1) is 7.11 Å². The third kappa shape index (κ3) is 9.08. The zero-order chi connectivity index (χ0) is 26.5. The lowest BCUT2D eigenvalue weighted by Crippen LogP contribution is -2.23. The van der Waals surface area contributed by atoms with Crippen LogP contribution in [0.1, 0.15) is 27.6 Å². The quantitative estimate of drug-likeness (QED) is 0.233. The van der Waals surface area contributed by atoms with Crippen LogP contribution in [0.25, 0.3) is 0 Å². The highest BCUT2D eigenvalue weighted by molar-refractivity contribution is 5.99. The number of ketones is 1. The maximum absolute atomic E-state index is 12.2. The average Bonchev–Trinajstić information content (AvgIpc) is 2.83. The van der Waals surface area contributed by atoms with Crippen LogP contribution < -0.4 is 9.47 Å². The summed E-state index contributed by atoms with van der Waals surface area (Å²) in [5.41, 5.74) is -0.204. The minimum absolute atomic E-state index is 0.0279. The highest BCUT2D eigenvalue weighted by Gasteiger charge is 2.20. The van der Waals surface area contributed by atoms with Crippen molar-refractivity contribution in [3.63, 3.8) is 0 Å². The van der Waals surface area contributed by atoms with Crippen molar-refractivity contribution in [2.75, 3.05) is 33.5 Å². The van der Waals surface area contributed by atoms with Gasteiger partial charge in [-0.05, 0) is 31.2 Å². The number of Topliss-reactive ketones (excluding diaryl/α,β-unsaturated/α-hetero) is 1. The van der Waals surface area contributed by atoms with E-state index < -0.39 is 49.7 Å². The van der Waals surface area contributed by atoms with Gasteiger partial charge in [0.2, 0.25) is 0 Å². The van der Waals surface area contributed by atoms with E-state index in [0.717, 1.165) is 0 Å². The molecule has 12 heteroatoms. The highest BCUT2D eigenvalue weighted by Crippen LogP contribution is 2.20. The van der Waals surface area contributed by atoms with Gasteiger partial charge in [0, 0.05) is 0 Å². The Morgan fingerprint density at radius 2 is 1.06 bits per heavy atom. The topological polar surface area (TPSA) is 158 Å². The summed E-state index contributed by atoms with van der Waals surface area (Å²) in [5.74, 6) is -5.29. The fourth-order valence-electron chi connectivity index (χ4n) is 2.55. The number of hydrogen-bond donors (Lipinski definition) is 0. The summed E-state index contributed by atoms with van der Waals surface area (Å²) in [7, 11) is 1.18. The predicted molar refractivity (Wildman–Crippen MR) is 118 cm³/mol. The van der Waals surface area contributed by atoms with Crippen LogP contribution in [0.15, 0.2) is 48.5 Å². The van der Waals surface area contributed by atoms with Crippen molar-refractivity contribution in [2.24, 2.45) is 0 Å². The Morgan fingerprint density at radius 1 is 0.611 bits per heavy atom. The molecule has 0 atom stereocenters. The van der Waals surface area contributed by atoms with E-state index in [0.29, 0.717) is 0 Å². The van der Waals surface area contributed by atoms with Crippen LogP contribution >= 0.6 is 0 Å². The molecule has 0 aliphatic rings. The molecule has 36 heavy (non-hydrogen) atoms. The van der Waals surface area contributed by atoms with Crippen molar-refractivity contribution in [1.29, 1.82) is 0 Å². The fraction of sp³-hybridized carbons (Fsp3) is 0.250. The number of methoxy groups -OCH3 is 1. The standard InChI is InChI=1S/C24H22O12/c1-15(25)11-32-14-22(28)36-24(30)17-8-4-6-10-19(17)35-21(27)13-33-12-20(26)34-18-9-5-3-7-16(18)23(29)31-2/h3-10H,11-14H2,1-2H3. The normalized spacial score (nSPS) is 10.2. The zero-order valence-corrected chi connectivity index (χ0v) is 19.3. The van der Waals surface area contributed by atoms with Crippen LogP contribution in [0.5, 0.6) is 11.5 Å². The Morgan fingerprint density at radius 3 is 1.56 bits per heavy atom. The predicted octanol–water partition coefficient (Wildman–Crippen LogP) is 1.29. The van der Waals surface area contributed by atoms with Gasteiger partial charge in [-0.2, -0.15) is 0 Å². The molecule has 0 heterocycles. The summed E-state index contributed by atoms with van der Waals surface area (Å²) in [6.45, 7) is -1.01. The van der Waals surface area contributed by atoms with E-state index in [1.54, 1.807) is 12.1 Å². The van der Waals surface area contributed by atoms with E-state index in [1.807, 2.05) is 0 Å². The SMILES string of the molecule is COC(=O)c1ccccc1OC(=O)COCC(=O)Oc1ccccc1C(=O)OC(=O)COCC(C)=O. The molecule has 0 amide bonds. The summed E-state index contributed by atoms with van der Waals surface area (Å²) < 4.78 is 29.1. The second-order valence-corrected chi connectivity index (χ2v) is 6.88.